The van der Waals surface area contributed by atoms with Crippen molar-refractivity contribution in [1.82, 2.24) is 10.2 Å². The Kier molecular flexibility index (Phi) is 5.30. The molecule has 2 heterocycles. The van der Waals surface area contributed by atoms with Crippen LogP contribution in [0.5, 0.6) is 11.5 Å². The van der Waals surface area contributed by atoms with Gasteiger partial charge in [-0.15, -0.1) is 0 Å². The Morgan fingerprint density at radius 3 is 2.76 bits per heavy atom. The lowest BCUT2D eigenvalue weighted by atomic mass is 10.1. The molecule has 2 aromatic rings. The maximum atomic E-state index is 12.8. The van der Waals surface area contributed by atoms with E-state index in [9.17, 15) is 14.4 Å². The van der Waals surface area contributed by atoms with Gasteiger partial charge in [-0.25, -0.2) is 0 Å². The molecule has 3 N–H and O–H groups in total. The third kappa shape index (κ3) is 4.46. The highest BCUT2D eigenvalue weighted by molar-refractivity contribution is 6.10. The number of rotatable bonds is 5. The standard InChI is InChI=1S/C20H20N4O5/c25-18-10-24(8-7-21-18)11-19(26)23-15-4-2-1-3-14(15)20(27)22-13-5-6-16-17(9-13)29-12-28-16/h1-6,9H,7-8,10-12H2,(H,21,25)(H,22,27)(H,23,26). The van der Waals surface area contributed by atoms with Crippen LogP contribution in [0.1, 0.15) is 10.4 Å². The quantitative estimate of drug-likeness (QED) is 0.697. The average Bonchev–Trinajstić information content (AvgIpc) is 3.16. The van der Waals surface area contributed by atoms with E-state index in [-0.39, 0.29) is 37.6 Å². The van der Waals surface area contributed by atoms with Gasteiger partial charge in [-0.3, -0.25) is 19.3 Å². The summed E-state index contributed by atoms with van der Waals surface area (Å²) in [7, 11) is 0. The van der Waals surface area contributed by atoms with Crippen LogP contribution >= 0.6 is 0 Å². The molecule has 1 fully saturated rings. The number of hydrogen-bond donors (Lipinski definition) is 3. The Hall–Kier alpha value is -3.59. The highest BCUT2D eigenvalue weighted by atomic mass is 16.7. The lowest BCUT2D eigenvalue weighted by molar-refractivity contribution is -0.125. The molecule has 9 nitrogen and oxygen atoms in total. The molecule has 2 aliphatic rings. The first kappa shape index (κ1) is 18.8. The van der Waals surface area contributed by atoms with Crippen LogP contribution in [0.25, 0.3) is 0 Å². The summed E-state index contributed by atoms with van der Waals surface area (Å²) >= 11 is 0. The van der Waals surface area contributed by atoms with Gasteiger partial charge in [0, 0.05) is 24.8 Å². The summed E-state index contributed by atoms with van der Waals surface area (Å²) in [5.41, 5.74) is 1.28. The van der Waals surface area contributed by atoms with E-state index in [2.05, 4.69) is 16.0 Å². The number of piperazine rings is 1. The monoisotopic (exact) mass is 396 g/mol. The zero-order chi connectivity index (χ0) is 20.2. The van der Waals surface area contributed by atoms with Crippen molar-refractivity contribution in [1.29, 1.82) is 0 Å². The first-order valence-electron chi connectivity index (χ1n) is 9.17. The van der Waals surface area contributed by atoms with Crippen LogP contribution < -0.4 is 25.4 Å². The maximum absolute atomic E-state index is 12.8. The van der Waals surface area contributed by atoms with Gasteiger partial charge in [-0.2, -0.15) is 0 Å². The molecule has 29 heavy (non-hydrogen) atoms. The van der Waals surface area contributed by atoms with E-state index in [0.29, 0.717) is 41.5 Å². The molecule has 1 saturated heterocycles. The molecule has 0 bridgehead atoms. The minimum atomic E-state index is -0.364. The molecule has 150 valence electrons. The molecule has 4 rings (SSSR count). The lowest BCUT2D eigenvalue weighted by Crippen LogP contribution is -2.49. The van der Waals surface area contributed by atoms with E-state index in [1.807, 2.05) is 0 Å². The number of hydrogen-bond acceptors (Lipinski definition) is 6. The van der Waals surface area contributed by atoms with Crippen molar-refractivity contribution in [2.45, 2.75) is 0 Å². The lowest BCUT2D eigenvalue weighted by Gasteiger charge is -2.25. The first-order chi connectivity index (χ1) is 14.1. The Balaban J connectivity index is 1.42. The van der Waals surface area contributed by atoms with Crippen LogP contribution in [0.3, 0.4) is 0 Å². The number of nitrogens with zero attached hydrogens (tertiary/aromatic N) is 1. The second kappa shape index (κ2) is 8.19. The second-order valence-corrected chi connectivity index (χ2v) is 6.68. The van der Waals surface area contributed by atoms with Crippen molar-refractivity contribution in [2.24, 2.45) is 0 Å². The van der Waals surface area contributed by atoms with Crippen LogP contribution in [0, 0.1) is 0 Å². The van der Waals surface area contributed by atoms with E-state index in [4.69, 9.17) is 9.47 Å². The van der Waals surface area contributed by atoms with Crippen molar-refractivity contribution in [3.63, 3.8) is 0 Å². The van der Waals surface area contributed by atoms with Gasteiger partial charge < -0.3 is 25.4 Å². The Bertz CT molecular complexity index is 962. The normalized spacial score (nSPS) is 15.5. The zero-order valence-electron chi connectivity index (χ0n) is 15.6. The van der Waals surface area contributed by atoms with Gasteiger partial charge in [0.2, 0.25) is 18.6 Å². The van der Waals surface area contributed by atoms with Crippen LogP contribution in [0.15, 0.2) is 42.5 Å². The molecule has 9 heteroatoms. The Morgan fingerprint density at radius 1 is 1.07 bits per heavy atom. The fourth-order valence-corrected chi connectivity index (χ4v) is 3.18. The van der Waals surface area contributed by atoms with Gasteiger partial charge in [-0.05, 0) is 24.3 Å². The smallest absolute Gasteiger partial charge is 0.257 e. The number of anilines is 2. The molecule has 0 unspecified atom stereocenters. The van der Waals surface area contributed by atoms with E-state index in [1.54, 1.807) is 47.4 Å². The number of nitrogens with one attached hydrogen (secondary N) is 3. The van der Waals surface area contributed by atoms with Crippen LogP contribution in [0.4, 0.5) is 11.4 Å². The Labute approximate surface area is 167 Å². The third-order valence-electron chi connectivity index (χ3n) is 4.56. The third-order valence-corrected chi connectivity index (χ3v) is 4.56. The van der Waals surface area contributed by atoms with Gasteiger partial charge in [0.1, 0.15) is 0 Å². The van der Waals surface area contributed by atoms with Crippen LogP contribution in [-0.4, -0.2) is 55.6 Å². The number of ether oxygens (including phenoxy) is 2. The minimum Gasteiger partial charge on any atom is -0.454 e. The largest absolute Gasteiger partial charge is 0.454 e. The van der Waals surface area contributed by atoms with Gasteiger partial charge >= 0.3 is 0 Å². The van der Waals surface area contributed by atoms with Gasteiger partial charge in [0.25, 0.3) is 5.91 Å². The molecule has 0 spiro atoms. The summed E-state index contributed by atoms with van der Waals surface area (Å²) in [5, 5.41) is 8.28. The van der Waals surface area contributed by atoms with Crippen molar-refractivity contribution in [2.75, 3.05) is 43.6 Å². The maximum Gasteiger partial charge on any atom is 0.257 e. The second-order valence-electron chi connectivity index (χ2n) is 6.68. The number of carbonyl (C=O) groups is 3. The summed E-state index contributed by atoms with van der Waals surface area (Å²) in [6.45, 7) is 1.53. The van der Waals surface area contributed by atoms with Crippen LogP contribution in [0.2, 0.25) is 0 Å². The highest BCUT2D eigenvalue weighted by Crippen LogP contribution is 2.34. The summed E-state index contributed by atoms with van der Waals surface area (Å²) in [5.74, 6) is 0.435. The SMILES string of the molecule is O=C1CN(CC(=O)Nc2ccccc2C(=O)Nc2ccc3c(c2)OCO3)CCN1. The fourth-order valence-electron chi connectivity index (χ4n) is 3.18. The van der Waals surface area contributed by atoms with Crippen molar-refractivity contribution < 1.29 is 23.9 Å². The van der Waals surface area contributed by atoms with Gasteiger partial charge in [-0.1, -0.05) is 12.1 Å². The molecule has 0 radical (unpaired) electrons. The first-order valence-corrected chi connectivity index (χ1v) is 9.17. The zero-order valence-corrected chi connectivity index (χ0v) is 15.6. The predicted molar refractivity (Wildman–Crippen MR) is 105 cm³/mol. The summed E-state index contributed by atoms with van der Waals surface area (Å²) in [6, 6.07) is 11.9. The van der Waals surface area contributed by atoms with E-state index in [0.717, 1.165) is 0 Å². The average molecular weight is 396 g/mol. The molecule has 2 aliphatic heterocycles. The van der Waals surface area contributed by atoms with Crippen molar-refractivity contribution in [3.8, 4) is 11.5 Å². The molecule has 2 aromatic carbocycles. The molecular weight excluding hydrogens is 376 g/mol. The molecule has 0 aliphatic carbocycles. The number of benzene rings is 2. The van der Waals surface area contributed by atoms with Crippen molar-refractivity contribution in [3.05, 3.63) is 48.0 Å². The van der Waals surface area contributed by atoms with Crippen LogP contribution in [-0.2, 0) is 9.59 Å². The van der Waals surface area contributed by atoms with Crippen molar-refractivity contribution >= 4 is 29.1 Å². The van der Waals surface area contributed by atoms with E-state index < -0.39 is 0 Å². The molecule has 0 atom stereocenters. The number of fused-ring (bicyclic) bond motifs is 1. The minimum absolute atomic E-state index is 0.0749. The van der Waals surface area contributed by atoms with E-state index >= 15 is 0 Å². The summed E-state index contributed by atoms with van der Waals surface area (Å²) in [6.07, 6.45) is 0. The number of carbonyl (C=O) groups excluding carboxylic acids is 3. The highest BCUT2D eigenvalue weighted by Gasteiger charge is 2.20. The summed E-state index contributed by atoms with van der Waals surface area (Å²) < 4.78 is 10.6. The molecule has 0 aromatic heterocycles. The van der Waals surface area contributed by atoms with Gasteiger partial charge in [0.15, 0.2) is 11.5 Å². The predicted octanol–water partition coefficient (Wildman–Crippen LogP) is 1.04. The fraction of sp³-hybridized carbons (Fsp3) is 0.250. The number of amides is 3. The van der Waals surface area contributed by atoms with Gasteiger partial charge in [0.05, 0.1) is 24.3 Å². The number of para-hydroxylation sites is 1. The molecule has 0 saturated carbocycles. The Morgan fingerprint density at radius 2 is 1.90 bits per heavy atom. The molecular formula is C20H20N4O5. The topological polar surface area (TPSA) is 109 Å². The molecule has 3 amide bonds. The van der Waals surface area contributed by atoms with E-state index in [1.165, 1.54) is 0 Å². The summed E-state index contributed by atoms with van der Waals surface area (Å²) in [4.78, 5) is 38.4.